The van der Waals surface area contributed by atoms with E-state index in [1.54, 1.807) is 6.08 Å². The lowest BCUT2D eigenvalue weighted by molar-refractivity contribution is -0.143. The first-order valence-electron chi connectivity index (χ1n) is 8.92. The van der Waals surface area contributed by atoms with Crippen LogP contribution < -0.4 is 0 Å². The molecule has 0 saturated carbocycles. The normalized spacial score (nSPS) is 20.1. The third kappa shape index (κ3) is 7.20. The fourth-order valence-electron chi connectivity index (χ4n) is 3.26. The van der Waals surface area contributed by atoms with E-state index in [9.17, 15) is 19.2 Å². The van der Waals surface area contributed by atoms with Crippen molar-refractivity contribution in [3.63, 3.8) is 0 Å². The molecule has 4 atom stereocenters. The highest BCUT2D eigenvalue weighted by Crippen LogP contribution is 2.29. The van der Waals surface area contributed by atoms with E-state index in [4.69, 9.17) is 9.84 Å². The van der Waals surface area contributed by atoms with Crippen LogP contribution in [0.1, 0.15) is 52.4 Å². The Morgan fingerprint density at radius 3 is 2.36 bits per heavy atom. The zero-order chi connectivity index (χ0) is 18.8. The van der Waals surface area contributed by atoms with Crippen molar-refractivity contribution in [2.24, 2.45) is 23.7 Å². The van der Waals surface area contributed by atoms with Crippen molar-refractivity contribution < 1.29 is 29.0 Å². The van der Waals surface area contributed by atoms with Crippen LogP contribution in [0, 0.1) is 23.7 Å². The first-order chi connectivity index (χ1) is 11.9. The second kappa shape index (κ2) is 10.8. The molecule has 1 aliphatic heterocycles. The fourth-order valence-corrected chi connectivity index (χ4v) is 3.26. The largest absolute Gasteiger partial charge is 0.481 e. The smallest absolute Gasteiger partial charge is 0.331 e. The van der Waals surface area contributed by atoms with E-state index in [0.29, 0.717) is 24.9 Å². The van der Waals surface area contributed by atoms with Crippen LogP contribution in [0.3, 0.4) is 0 Å². The van der Waals surface area contributed by atoms with Crippen molar-refractivity contribution in [3.8, 4) is 0 Å². The molecule has 6 heteroatoms. The van der Waals surface area contributed by atoms with Gasteiger partial charge in [0.05, 0.1) is 5.92 Å². The number of carbonyl (C=O) groups excluding carboxylic acids is 3. The molecule has 0 aromatic heterocycles. The molecule has 1 rings (SSSR count). The van der Waals surface area contributed by atoms with Gasteiger partial charge in [0.25, 0.3) is 0 Å². The fraction of sp³-hybridized carbons (Fsp3) is 0.684. The van der Waals surface area contributed by atoms with Crippen molar-refractivity contribution in [1.29, 1.82) is 0 Å². The van der Waals surface area contributed by atoms with Crippen LogP contribution in [0.2, 0.25) is 0 Å². The van der Waals surface area contributed by atoms with Crippen LogP contribution in [0.5, 0.6) is 0 Å². The minimum Gasteiger partial charge on any atom is -0.481 e. The highest BCUT2D eigenvalue weighted by Gasteiger charge is 2.33. The summed E-state index contributed by atoms with van der Waals surface area (Å²) in [6.45, 7) is 4.08. The molecule has 0 aromatic rings. The summed E-state index contributed by atoms with van der Waals surface area (Å²) < 4.78 is 5.17. The topological polar surface area (TPSA) is 97.7 Å². The second-order valence-electron chi connectivity index (χ2n) is 6.91. The first-order valence-corrected chi connectivity index (χ1v) is 8.92. The van der Waals surface area contributed by atoms with Crippen LogP contribution in [0.4, 0.5) is 0 Å². The molecule has 0 radical (unpaired) electrons. The van der Waals surface area contributed by atoms with Crippen LogP contribution >= 0.6 is 0 Å². The molecule has 6 nitrogen and oxygen atoms in total. The average Bonchev–Trinajstić information content (AvgIpc) is 3.00. The Morgan fingerprint density at radius 2 is 1.88 bits per heavy atom. The van der Waals surface area contributed by atoms with Crippen molar-refractivity contribution in [1.82, 2.24) is 0 Å². The summed E-state index contributed by atoms with van der Waals surface area (Å²) in [6.07, 6.45) is 7.78. The molecule has 1 N–H and O–H groups in total. The third-order valence-electron chi connectivity index (χ3n) is 5.01. The minimum atomic E-state index is -0.789. The van der Waals surface area contributed by atoms with Crippen molar-refractivity contribution >= 4 is 24.5 Å². The first kappa shape index (κ1) is 21.1. The number of hydrogen-bond donors (Lipinski definition) is 1. The van der Waals surface area contributed by atoms with Gasteiger partial charge in [-0.15, -0.1) is 0 Å². The molecule has 1 heterocycles. The quantitative estimate of drug-likeness (QED) is 0.311. The minimum absolute atomic E-state index is 0.173. The molecule has 0 aromatic carbocycles. The van der Waals surface area contributed by atoms with Crippen LogP contribution in [0.15, 0.2) is 12.2 Å². The SMILES string of the molecule is CCC(CCC(C)CCC(C(C=O)C=O)C1C=CC(=O)O1)CC(=O)O. The van der Waals surface area contributed by atoms with E-state index in [1.165, 1.54) is 6.08 Å². The van der Waals surface area contributed by atoms with E-state index in [1.807, 2.05) is 6.92 Å². The highest BCUT2D eigenvalue weighted by molar-refractivity contribution is 5.85. The van der Waals surface area contributed by atoms with Gasteiger partial charge in [-0.3, -0.25) is 4.79 Å². The molecule has 25 heavy (non-hydrogen) atoms. The number of carboxylic acid groups (broad SMARTS) is 1. The molecular formula is C19H28O6. The number of carboxylic acids is 1. The Hall–Kier alpha value is -1.98. The molecule has 0 amide bonds. The number of cyclic esters (lactones) is 1. The highest BCUT2D eigenvalue weighted by atomic mass is 16.5. The van der Waals surface area contributed by atoms with E-state index in [0.717, 1.165) is 25.7 Å². The van der Waals surface area contributed by atoms with Gasteiger partial charge in [0.2, 0.25) is 0 Å². The van der Waals surface area contributed by atoms with E-state index < -0.39 is 24.0 Å². The molecule has 0 fully saturated rings. The van der Waals surface area contributed by atoms with Gasteiger partial charge in [0, 0.05) is 18.4 Å². The molecule has 0 spiro atoms. The van der Waals surface area contributed by atoms with Crippen LogP contribution in [-0.4, -0.2) is 35.7 Å². The molecule has 0 aliphatic carbocycles. The van der Waals surface area contributed by atoms with E-state index >= 15 is 0 Å². The molecule has 4 unspecified atom stereocenters. The number of hydrogen-bond acceptors (Lipinski definition) is 5. The second-order valence-corrected chi connectivity index (χ2v) is 6.91. The average molecular weight is 352 g/mol. The van der Waals surface area contributed by atoms with Gasteiger partial charge in [0.15, 0.2) is 0 Å². The zero-order valence-corrected chi connectivity index (χ0v) is 14.9. The molecule has 0 bridgehead atoms. The number of carbonyl (C=O) groups is 4. The van der Waals surface area contributed by atoms with Gasteiger partial charge in [0.1, 0.15) is 18.7 Å². The number of ether oxygens (including phenoxy) is 1. The zero-order valence-electron chi connectivity index (χ0n) is 14.9. The summed E-state index contributed by atoms with van der Waals surface area (Å²) in [5.41, 5.74) is 0. The van der Waals surface area contributed by atoms with Crippen molar-refractivity contribution in [2.45, 2.75) is 58.5 Å². The predicted molar refractivity (Wildman–Crippen MR) is 91.8 cm³/mol. The Kier molecular flexibility index (Phi) is 9.10. The maximum absolute atomic E-state index is 11.3. The molecule has 140 valence electrons. The van der Waals surface area contributed by atoms with Gasteiger partial charge in [-0.05, 0) is 30.8 Å². The summed E-state index contributed by atoms with van der Waals surface area (Å²) >= 11 is 0. The van der Waals surface area contributed by atoms with Gasteiger partial charge in [-0.1, -0.05) is 33.1 Å². The Morgan fingerprint density at radius 1 is 1.24 bits per heavy atom. The maximum Gasteiger partial charge on any atom is 0.331 e. The molecule has 0 saturated heterocycles. The monoisotopic (exact) mass is 352 g/mol. The Bertz CT molecular complexity index is 490. The van der Waals surface area contributed by atoms with E-state index in [2.05, 4.69) is 6.92 Å². The van der Waals surface area contributed by atoms with Crippen LogP contribution in [-0.2, 0) is 23.9 Å². The van der Waals surface area contributed by atoms with Gasteiger partial charge in [-0.25, -0.2) is 4.79 Å². The number of aldehydes is 2. The van der Waals surface area contributed by atoms with Crippen LogP contribution in [0.25, 0.3) is 0 Å². The van der Waals surface area contributed by atoms with Gasteiger partial charge < -0.3 is 19.4 Å². The molecular weight excluding hydrogens is 324 g/mol. The maximum atomic E-state index is 11.3. The lowest BCUT2D eigenvalue weighted by atomic mass is 9.82. The third-order valence-corrected chi connectivity index (χ3v) is 5.01. The molecule has 1 aliphatic rings. The summed E-state index contributed by atoms with van der Waals surface area (Å²) in [5, 5.41) is 8.90. The van der Waals surface area contributed by atoms with E-state index in [-0.39, 0.29) is 18.3 Å². The Labute approximate surface area is 148 Å². The van der Waals surface area contributed by atoms with Gasteiger partial charge in [-0.2, -0.15) is 0 Å². The summed E-state index contributed by atoms with van der Waals surface area (Å²) in [5.74, 6) is -1.84. The summed E-state index contributed by atoms with van der Waals surface area (Å²) in [7, 11) is 0. The van der Waals surface area contributed by atoms with Crippen molar-refractivity contribution in [3.05, 3.63) is 12.2 Å². The summed E-state index contributed by atoms with van der Waals surface area (Å²) in [4.78, 5) is 44.4. The number of rotatable bonds is 13. The lowest BCUT2D eigenvalue weighted by Gasteiger charge is -2.25. The number of aliphatic carboxylic acids is 1. The standard InChI is InChI=1S/C19H28O6/c1-3-14(10-18(22)23)6-4-13(2)5-7-16(15(11-20)12-21)17-8-9-19(24)25-17/h8-9,11-17H,3-7,10H2,1-2H3,(H,22,23). The number of esters is 1. The summed E-state index contributed by atoms with van der Waals surface area (Å²) in [6, 6.07) is 0. The Balaban J connectivity index is 2.53. The van der Waals surface area contributed by atoms with Gasteiger partial charge >= 0.3 is 11.9 Å². The lowest BCUT2D eigenvalue weighted by Crippen LogP contribution is -2.30. The van der Waals surface area contributed by atoms with Crippen molar-refractivity contribution in [2.75, 3.05) is 0 Å². The predicted octanol–water partition coefficient (Wildman–Crippen LogP) is 2.80.